The zero-order valence-corrected chi connectivity index (χ0v) is 23.7. The molecule has 36 heavy (non-hydrogen) atoms. The molecule has 1 aromatic carbocycles. The zero-order chi connectivity index (χ0) is 25.6. The molecular formula is C34H55NO. The maximum atomic E-state index is 11.6. The number of aryl methyl sites for hydroxylation is 1. The molecule has 0 heterocycles. The molecule has 0 radical (unpaired) electrons. The fraction of sp³-hybridized carbons (Fsp3) is 0.735. The van der Waals surface area contributed by atoms with E-state index in [-0.39, 0.29) is 5.91 Å². The van der Waals surface area contributed by atoms with E-state index in [1.807, 2.05) is 0 Å². The van der Waals surface area contributed by atoms with Crippen LogP contribution in [0.25, 0.3) is 0 Å². The lowest BCUT2D eigenvalue weighted by Gasteiger charge is -2.38. The molecule has 2 fully saturated rings. The van der Waals surface area contributed by atoms with Crippen LogP contribution in [-0.2, 0) is 11.2 Å². The van der Waals surface area contributed by atoms with E-state index in [4.69, 9.17) is 0 Å². The summed E-state index contributed by atoms with van der Waals surface area (Å²) in [5.41, 5.74) is 3.51. The van der Waals surface area contributed by atoms with Gasteiger partial charge in [0.1, 0.15) is 0 Å². The molecule has 1 amide bonds. The Morgan fingerprint density at radius 1 is 0.806 bits per heavy atom. The van der Waals surface area contributed by atoms with Crippen LogP contribution in [-0.4, -0.2) is 12.5 Å². The molecule has 3 rings (SSSR count). The van der Waals surface area contributed by atoms with Gasteiger partial charge in [0, 0.05) is 12.1 Å². The predicted octanol–water partition coefficient (Wildman–Crippen LogP) is 9.53. The van der Waals surface area contributed by atoms with E-state index in [9.17, 15) is 4.79 Å². The monoisotopic (exact) mass is 493 g/mol. The Labute approximate surface area is 223 Å². The Morgan fingerprint density at radius 2 is 1.39 bits per heavy atom. The van der Waals surface area contributed by atoms with E-state index in [0.29, 0.717) is 5.57 Å². The van der Waals surface area contributed by atoms with Crippen LogP contribution in [0.2, 0.25) is 0 Å². The highest BCUT2D eigenvalue weighted by Gasteiger charge is 2.31. The highest BCUT2D eigenvalue weighted by molar-refractivity contribution is 5.91. The van der Waals surface area contributed by atoms with Crippen LogP contribution in [0.4, 0.5) is 0 Å². The molecule has 0 spiro atoms. The summed E-state index contributed by atoms with van der Waals surface area (Å²) in [6, 6.07) is 9.38. The standard InChI is InChI=1S/C34H55NO/c1-4-5-6-7-8-9-10-12-28-14-18-30(19-15-28)32-22-24-33(25-23-32)31-20-16-29(17-21-31)13-11-26-35-34(36)27(2)3/h16-17,20-21,28,30,32-33H,2,4-15,18-19,22-26H2,1,3H3,(H,35,36). The summed E-state index contributed by atoms with van der Waals surface area (Å²) in [5, 5.41) is 2.93. The number of nitrogens with one attached hydrogen (secondary N) is 1. The molecule has 0 aliphatic heterocycles. The summed E-state index contributed by atoms with van der Waals surface area (Å²) in [7, 11) is 0. The number of amides is 1. The second-order valence-corrected chi connectivity index (χ2v) is 12.2. The van der Waals surface area contributed by atoms with Crippen molar-refractivity contribution in [2.45, 2.75) is 135 Å². The molecule has 2 saturated carbocycles. The van der Waals surface area contributed by atoms with Gasteiger partial charge in [0.05, 0.1) is 0 Å². The van der Waals surface area contributed by atoms with Crippen LogP contribution >= 0.6 is 0 Å². The second kappa shape index (κ2) is 16.3. The minimum Gasteiger partial charge on any atom is -0.352 e. The van der Waals surface area contributed by atoms with Gasteiger partial charge in [-0.05, 0) is 93.1 Å². The van der Waals surface area contributed by atoms with Gasteiger partial charge in [-0.3, -0.25) is 4.79 Å². The molecule has 0 bridgehead atoms. The molecule has 1 N–H and O–H groups in total. The fourth-order valence-corrected chi connectivity index (χ4v) is 6.86. The first-order valence-electron chi connectivity index (χ1n) is 15.6. The van der Waals surface area contributed by atoms with Gasteiger partial charge in [-0.2, -0.15) is 0 Å². The van der Waals surface area contributed by atoms with Crippen molar-refractivity contribution in [3.8, 4) is 0 Å². The van der Waals surface area contributed by atoms with E-state index in [2.05, 4.69) is 43.1 Å². The summed E-state index contributed by atoms with van der Waals surface area (Å²) >= 11 is 0. The molecule has 2 aliphatic rings. The van der Waals surface area contributed by atoms with Gasteiger partial charge in [0.25, 0.3) is 0 Å². The normalized spacial score (nSPS) is 24.4. The van der Waals surface area contributed by atoms with Gasteiger partial charge in [-0.25, -0.2) is 0 Å². The quantitative estimate of drug-likeness (QED) is 0.191. The second-order valence-electron chi connectivity index (χ2n) is 12.2. The number of benzene rings is 1. The third-order valence-electron chi connectivity index (χ3n) is 9.31. The summed E-state index contributed by atoms with van der Waals surface area (Å²) < 4.78 is 0. The number of hydrogen-bond acceptors (Lipinski definition) is 1. The van der Waals surface area contributed by atoms with E-state index < -0.39 is 0 Å². The van der Waals surface area contributed by atoms with Crippen molar-refractivity contribution in [2.75, 3.05) is 6.54 Å². The largest absolute Gasteiger partial charge is 0.352 e. The minimum atomic E-state index is -0.0301. The van der Waals surface area contributed by atoms with E-state index in [1.165, 1.54) is 108 Å². The van der Waals surface area contributed by atoms with Crippen LogP contribution in [0, 0.1) is 17.8 Å². The van der Waals surface area contributed by atoms with Crippen molar-refractivity contribution >= 4 is 5.91 Å². The van der Waals surface area contributed by atoms with Crippen molar-refractivity contribution in [2.24, 2.45) is 17.8 Å². The Balaban J connectivity index is 1.27. The summed E-state index contributed by atoms with van der Waals surface area (Å²) in [5.74, 6) is 3.78. The van der Waals surface area contributed by atoms with E-state index in [1.54, 1.807) is 12.5 Å². The van der Waals surface area contributed by atoms with Crippen LogP contribution in [0.15, 0.2) is 36.4 Å². The van der Waals surface area contributed by atoms with Crippen molar-refractivity contribution in [1.82, 2.24) is 5.32 Å². The number of hydrogen-bond donors (Lipinski definition) is 1. The molecule has 0 atom stereocenters. The summed E-state index contributed by atoms with van der Waals surface area (Å²) in [6.45, 7) is 8.47. The average Bonchev–Trinajstić information content (AvgIpc) is 2.91. The molecule has 0 unspecified atom stereocenters. The Morgan fingerprint density at radius 3 is 2.00 bits per heavy atom. The molecule has 1 aromatic rings. The molecule has 0 saturated heterocycles. The fourth-order valence-electron chi connectivity index (χ4n) is 6.86. The minimum absolute atomic E-state index is 0.0301. The number of unbranched alkanes of at least 4 members (excludes halogenated alkanes) is 6. The highest BCUT2D eigenvalue weighted by Crippen LogP contribution is 2.44. The van der Waals surface area contributed by atoms with Gasteiger partial charge in [-0.15, -0.1) is 0 Å². The molecule has 2 aliphatic carbocycles. The Kier molecular flexibility index (Phi) is 13.1. The SMILES string of the molecule is C=C(C)C(=O)NCCCc1ccc(C2CCC(C3CCC(CCCCCCCCC)CC3)CC2)cc1. The van der Waals surface area contributed by atoms with Crippen molar-refractivity contribution in [1.29, 1.82) is 0 Å². The first-order valence-corrected chi connectivity index (χ1v) is 15.6. The maximum absolute atomic E-state index is 11.6. The number of rotatable bonds is 15. The smallest absolute Gasteiger partial charge is 0.246 e. The molecule has 2 heteroatoms. The Hall–Kier alpha value is -1.57. The first-order chi connectivity index (χ1) is 17.6. The third-order valence-corrected chi connectivity index (χ3v) is 9.31. The lowest BCUT2D eigenvalue weighted by Crippen LogP contribution is -2.25. The topological polar surface area (TPSA) is 29.1 Å². The van der Waals surface area contributed by atoms with Gasteiger partial charge in [0.15, 0.2) is 0 Å². The molecule has 0 aromatic heterocycles. The van der Waals surface area contributed by atoms with Gasteiger partial charge < -0.3 is 5.32 Å². The lowest BCUT2D eigenvalue weighted by atomic mass is 9.68. The van der Waals surface area contributed by atoms with Crippen molar-refractivity contribution in [3.05, 3.63) is 47.5 Å². The van der Waals surface area contributed by atoms with Crippen LogP contribution < -0.4 is 5.32 Å². The lowest BCUT2D eigenvalue weighted by molar-refractivity contribution is -0.117. The van der Waals surface area contributed by atoms with Gasteiger partial charge in [0.2, 0.25) is 5.91 Å². The van der Waals surface area contributed by atoms with E-state index in [0.717, 1.165) is 43.1 Å². The van der Waals surface area contributed by atoms with Crippen LogP contribution in [0.3, 0.4) is 0 Å². The van der Waals surface area contributed by atoms with Gasteiger partial charge in [-0.1, -0.05) is 102 Å². The average molecular weight is 494 g/mol. The Bertz CT molecular complexity index is 750. The predicted molar refractivity (Wildman–Crippen MR) is 155 cm³/mol. The number of carbonyl (C=O) groups excluding carboxylic acids is 1. The van der Waals surface area contributed by atoms with Crippen LogP contribution in [0.1, 0.15) is 140 Å². The summed E-state index contributed by atoms with van der Waals surface area (Å²) in [4.78, 5) is 11.6. The first kappa shape index (κ1) is 29.0. The number of carbonyl (C=O) groups is 1. The maximum Gasteiger partial charge on any atom is 0.246 e. The van der Waals surface area contributed by atoms with Crippen molar-refractivity contribution < 1.29 is 4.79 Å². The highest BCUT2D eigenvalue weighted by atomic mass is 16.1. The van der Waals surface area contributed by atoms with E-state index >= 15 is 0 Å². The van der Waals surface area contributed by atoms with Gasteiger partial charge >= 0.3 is 0 Å². The molecule has 202 valence electrons. The molecule has 2 nitrogen and oxygen atoms in total. The van der Waals surface area contributed by atoms with Crippen molar-refractivity contribution in [3.63, 3.8) is 0 Å². The third kappa shape index (κ3) is 10.1. The molecular weight excluding hydrogens is 438 g/mol. The summed E-state index contributed by atoms with van der Waals surface area (Å²) in [6.07, 6.45) is 25.3. The zero-order valence-electron chi connectivity index (χ0n) is 23.7. The van der Waals surface area contributed by atoms with Crippen LogP contribution in [0.5, 0.6) is 0 Å².